The molecule has 2 rings (SSSR count). The van der Waals surface area contributed by atoms with Crippen LogP contribution in [0.2, 0.25) is 10.0 Å². The summed E-state index contributed by atoms with van der Waals surface area (Å²) in [7, 11) is 0. The number of nitrogens with one attached hydrogen (secondary N) is 2. The average Bonchev–Trinajstić information content (AvgIpc) is 2.63. The first kappa shape index (κ1) is 20.9. The predicted octanol–water partition coefficient (Wildman–Crippen LogP) is 4.04. The summed E-state index contributed by atoms with van der Waals surface area (Å²) in [5, 5.41) is 7.06. The Hall–Kier alpha value is -2.44. The van der Waals surface area contributed by atoms with Gasteiger partial charge in [-0.3, -0.25) is 9.59 Å². The Bertz CT molecular complexity index is 872. The van der Waals surface area contributed by atoms with E-state index in [1.165, 1.54) is 24.4 Å². The predicted molar refractivity (Wildman–Crippen MR) is 105 cm³/mol. The molecule has 0 saturated heterocycles. The van der Waals surface area contributed by atoms with Gasteiger partial charge in [0.05, 0.1) is 21.8 Å². The fourth-order valence-corrected chi connectivity index (χ4v) is 2.61. The summed E-state index contributed by atoms with van der Waals surface area (Å²) in [4.78, 5) is 24.6. The van der Waals surface area contributed by atoms with Gasteiger partial charge in [-0.2, -0.15) is 5.10 Å². The van der Waals surface area contributed by atoms with Crippen molar-refractivity contribution in [3.63, 3.8) is 0 Å². The van der Waals surface area contributed by atoms with Gasteiger partial charge in [-0.1, -0.05) is 61.3 Å². The highest BCUT2D eigenvalue weighted by molar-refractivity contribution is 6.43. The molecule has 0 saturated carbocycles. The van der Waals surface area contributed by atoms with Gasteiger partial charge >= 0.3 is 0 Å². The number of halogens is 3. The van der Waals surface area contributed by atoms with Crippen LogP contribution < -0.4 is 10.7 Å². The van der Waals surface area contributed by atoms with Crippen molar-refractivity contribution in [1.29, 1.82) is 0 Å². The molecule has 27 heavy (non-hydrogen) atoms. The minimum absolute atomic E-state index is 0.134. The summed E-state index contributed by atoms with van der Waals surface area (Å²) >= 11 is 12.0. The quantitative estimate of drug-likeness (QED) is 0.558. The molecule has 0 bridgehead atoms. The van der Waals surface area contributed by atoms with Crippen molar-refractivity contribution in [1.82, 2.24) is 10.7 Å². The summed E-state index contributed by atoms with van der Waals surface area (Å²) in [6.07, 6.45) is 1.35. The lowest BCUT2D eigenvalue weighted by atomic mass is 10.0. The lowest BCUT2D eigenvalue weighted by Gasteiger charge is -2.20. The van der Waals surface area contributed by atoms with Gasteiger partial charge in [0.1, 0.15) is 11.9 Å². The topological polar surface area (TPSA) is 70.6 Å². The van der Waals surface area contributed by atoms with Crippen LogP contribution in [0.5, 0.6) is 0 Å². The molecule has 8 heteroatoms. The number of nitrogens with zero attached hydrogens (tertiary/aromatic N) is 1. The maximum atomic E-state index is 13.7. The maximum absolute atomic E-state index is 13.7. The Morgan fingerprint density at radius 2 is 1.81 bits per heavy atom. The van der Waals surface area contributed by atoms with Crippen LogP contribution in [0.1, 0.15) is 29.8 Å². The van der Waals surface area contributed by atoms with E-state index >= 15 is 0 Å². The van der Waals surface area contributed by atoms with E-state index in [4.69, 9.17) is 23.2 Å². The van der Waals surface area contributed by atoms with Crippen LogP contribution in [-0.2, 0) is 4.79 Å². The summed E-state index contributed by atoms with van der Waals surface area (Å²) in [5.41, 5.74) is 2.75. The standard InChI is InChI=1S/C19H18Cl2FN3O2/c1-11(2)17(24-18(26)13-7-3-4-9-15(13)22)19(27)25-23-10-12-6-5-8-14(20)16(12)21/h3-11,17H,1-2H3,(H,24,26)(H,25,27)/b23-10+. The highest BCUT2D eigenvalue weighted by atomic mass is 35.5. The van der Waals surface area contributed by atoms with Gasteiger partial charge in [0.25, 0.3) is 11.8 Å². The molecule has 5 nitrogen and oxygen atoms in total. The van der Waals surface area contributed by atoms with Crippen LogP contribution in [0.3, 0.4) is 0 Å². The van der Waals surface area contributed by atoms with Gasteiger partial charge in [0.15, 0.2) is 0 Å². The van der Waals surface area contributed by atoms with Crippen molar-refractivity contribution in [3.05, 3.63) is 69.5 Å². The largest absolute Gasteiger partial charge is 0.340 e. The first-order valence-corrected chi connectivity index (χ1v) is 8.89. The van der Waals surface area contributed by atoms with Gasteiger partial charge in [-0.15, -0.1) is 0 Å². The molecule has 0 radical (unpaired) electrons. The Labute approximate surface area is 166 Å². The van der Waals surface area contributed by atoms with Gasteiger partial charge in [0, 0.05) is 5.56 Å². The van der Waals surface area contributed by atoms with E-state index in [0.717, 1.165) is 0 Å². The molecule has 0 heterocycles. The number of hydrazone groups is 1. The fourth-order valence-electron chi connectivity index (χ4n) is 2.25. The summed E-state index contributed by atoms with van der Waals surface area (Å²) in [6.45, 7) is 3.51. The number of carbonyl (C=O) groups excluding carboxylic acids is 2. The van der Waals surface area contributed by atoms with Crippen LogP contribution in [-0.4, -0.2) is 24.1 Å². The van der Waals surface area contributed by atoms with Crippen molar-refractivity contribution in [2.24, 2.45) is 11.0 Å². The van der Waals surface area contributed by atoms with E-state index in [1.807, 2.05) is 0 Å². The Morgan fingerprint density at radius 1 is 1.11 bits per heavy atom. The second kappa shape index (κ2) is 9.48. The van der Waals surface area contributed by atoms with Crippen LogP contribution >= 0.6 is 23.2 Å². The van der Waals surface area contributed by atoms with Gasteiger partial charge in [-0.05, 0) is 24.1 Å². The molecule has 2 aromatic rings. The highest BCUT2D eigenvalue weighted by Gasteiger charge is 2.25. The van der Waals surface area contributed by atoms with Crippen molar-refractivity contribution >= 4 is 41.2 Å². The Balaban J connectivity index is 2.07. The molecule has 2 N–H and O–H groups in total. The van der Waals surface area contributed by atoms with E-state index < -0.39 is 23.7 Å². The van der Waals surface area contributed by atoms with Gasteiger partial charge in [0.2, 0.25) is 0 Å². The normalized spacial score (nSPS) is 12.2. The molecular formula is C19H18Cl2FN3O2. The third kappa shape index (κ3) is 5.52. The monoisotopic (exact) mass is 409 g/mol. The molecule has 0 aliphatic heterocycles. The third-order valence-electron chi connectivity index (χ3n) is 3.71. The van der Waals surface area contributed by atoms with Crippen LogP contribution in [0.4, 0.5) is 4.39 Å². The number of amides is 2. The Kier molecular flexibility index (Phi) is 7.33. The molecule has 0 spiro atoms. The second-order valence-corrected chi connectivity index (χ2v) is 6.84. The molecule has 1 unspecified atom stereocenters. The number of hydrogen-bond donors (Lipinski definition) is 2. The Morgan fingerprint density at radius 3 is 2.48 bits per heavy atom. The van der Waals surface area contributed by atoms with Gasteiger partial charge in [-0.25, -0.2) is 9.82 Å². The van der Waals surface area contributed by atoms with Crippen LogP contribution in [0, 0.1) is 11.7 Å². The first-order valence-electron chi connectivity index (χ1n) is 8.13. The molecule has 1 atom stereocenters. The van der Waals surface area contributed by atoms with Crippen molar-refractivity contribution in [2.75, 3.05) is 0 Å². The van der Waals surface area contributed by atoms with Crippen molar-refractivity contribution in [2.45, 2.75) is 19.9 Å². The average molecular weight is 410 g/mol. The van der Waals surface area contributed by atoms with E-state index in [2.05, 4.69) is 15.8 Å². The molecule has 2 aromatic carbocycles. The zero-order valence-electron chi connectivity index (χ0n) is 14.7. The smallest absolute Gasteiger partial charge is 0.262 e. The third-order valence-corrected chi connectivity index (χ3v) is 4.55. The molecule has 0 aliphatic carbocycles. The highest BCUT2D eigenvalue weighted by Crippen LogP contribution is 2.24. The van der Waals surface area contributed by atoms with E-state index in [1.54, 1.807) is 38.1 Å². The fraction of sp³-hybridized carbons (Fsp3) is 0.211. The molecule has 142 valence electrons. The summed E-state index contributed by atoms with van der Waals surface area (Å²) < 4.78 is 13.7. The van der Waals surface area contributed by atoms with Crippen LogP contribution in [0.15, 0.2) is 47.6 Å². The summed E-state index contributed by atoms with van der Waals surface area (Å²) in [5.74, 6) is -2.12. The van der Waals surface area contributed by atoms with Crippen molar-refractivity contribution < 1.29 is 14.0 Å². The van der Waals surface area contributed by atoms with Gasteiger partial charge < -0.3 is 5.32 Å². The van der Waals surface area contributed by atoms with E-state index in [-0.39, 0.29) is 11.5 Å². The number of rotatable bonds is 6. The van der Waals surface area contributed by atoms with Crippen LogP contribution in [0.25, 0.3) is 0 Å². The number of benzene rings is 2. The second-order valence-electron chi connectivity index (χ2n) is 6.05. The summed E-state index contributed by atoms with van der Waals surface area (Å²) in [6, 6.07) is 9.66. The zero-order chi connectivity index (χ0) is 20.0. The minimum Gasteiger partial charge on any atom is -0.340 e. The lowest BCUT2D eigenvalue weighted by Crippen LogP contribution is -2.48. The molecule has 2 amide bonds. The maximum Gasteiger partial charge on any atom is 0.262 e. The van der Waals surface area contributed by atoms with E-state index in [9.17, 15) is 14.0 Å². The zero-order valence-corrected chi connectivity index (χ0v) is 16.2. The minimum atomic E-state index is -0.899. The molecule has 0 aliphatic rings. The lowest BCUT2D eigenvalue weighted by molar-refractivity contribution is -0.123. The molecule has 0 fully saturated rings. The first-order chi connectivity index (χ1) is 12.8. The molecule has 0 aromatic heterocycles. The van der Waals surface area contributed by atoms with E-state index in [0.29, 0.717) is 15.6 Å². The SMILES string of the molecule is CC(C)C(NC(=O)c1ccccc1F)C(=O)N/N=C/c1cccc(Cl)c1Cl. The van der Waals surface area contributed by atoms with Crippen molar-refractivity contribution in [3.8, 4) is 0 Å². The molecular weight excluding hydrogens is 392 g/mol. The number of hydrogen-bond acceptors (Lipinski definition) is 3. The number of carbonyl (C=O) groups is 2.